The van der Waals surface area contributed by atoms with Crippen LogP contribution in [0.3, 0.4) is 0 Å². The highest BCUT2D eigenvalue weighted by atomic mass is 79.9. The molecule has 1 aliphatic rings. The quantitative estimate of drug-likeness (QED) is 0.926. The molecule has 0 aliphatic heterocycles. The number of benzene rings is 1. The van der Waals surface area contributed by atoms with Gasteiger partial charge in [0.15, 0.2) is 0 Å². The van der Waals surface area contributed by atoms with Gasteiger partial charge in [-0.05, 0) is 65.7 Å². The predicted octanol–water partition coefficient (Wildman–Crippen LogP) is 3.22. The Balaban J connectivity index is 2.23. The van der Waals surface area contributed by atoms with Crippen LogP contribution < -0.4 is 4.72 Å². The first-order valence-electron chi connectivity index (χ1n) is 5.64. The van der Waals surface area contributed by atoms with E-state index in [1.165, 1.54) is 0 Å². The van der Waals surface area contributed by atoms with Gasteiger partial charge in [-0.25, -0.2) is 8.42 Å². The molecule has 5 heteroatoms. The van der Waals surface area contributed by atoms with E-state index in [1.54, 1.807) is 0 Å². The van der Waals surface area contributed by atoms with Crippen molar-refractivity contribution in [1.82, 2.24) is 0 Å². The summed E-state index contributed by atoms with van der Waals surface area (Å²) in [6.45, 7) is 3.90. The fraction of sp³-hybridized carbons (Fsp3) is 0.500. The summed E-state index contributed by atoms with van der Waals surface area (Å²) < 4.78 is 27.3. The van der Waals surface area contributed by atoms with Crippen LogP contribution in [0.2, 0.25) is 0 Å². The summed E-state index contributed by atoms with van der Waals surface area (Å²) in [5.41, 5.74) is 2.71. The molecule has 17 heavy (non-hydrogen) atoms. The molecule has 3 nitrogen and oxygen atoms in total. The number of rotatable bonds is 4. The van der Waals surface area contributed by atoms with E-state index in [4.69, 9.17) is 0 Å². The Hall–Kier alpha value is -0.550. The summed E-state index contributed by atoms with van der Waals surface area (Å²) in [6.07, 6.45) is 2.07. The minimum absolute atomic E-state index is 0.243. The van der Waals surface area contributed by atoms with Gasteiger partial charge in [0.25, 0.3) is 0 Å². The molecule has 0 heterocycles. The molecule has 0 atom stereocenters. The summed E-state index contributed by atoms with van der Waals surface area (Å²) >= 11 is 3.41. The van der Waals surface area contributed by atoms with Crippen molar-refractivity contribution in [3.63, 3.8) is 0 Å². The highest BCUT2D eigenvalue weighted by Gasteiger charge is 2.28. The van der Waals surface area contributed by atoms with Crippen molar-refractivity contribution >= 4 is 31.6 Å². The molecule has 0 radical (unpaired) electrons. The van der Waals surface area contributed by atoms with Crippen LogP contribution in [0.1, 0.15) is 24.0 Å². The van der Waals surface area contributed by atoms with E-state index in [1.807, 2.05) is 26.0 Å². The zero-order valence-corrected chi connectivity index (χ0v) is 12.4. The van der Waals surface area contributed by atoms with Gasteiger partial charge in [0.2, 0.25) is 10.0 Å². The predicted molar refractivity (Wildman–Crippen MR) is 73.7 cm³/mol. The molecule has 1 aromatic rings. The molecule has 0 bridgehead atoms. The van der Waals surface area contributed by atoms with Gasteiger partial charge in [0.05, 0.1) is 11.4 Å². The van der Waals surface area contributed by atoms with Crippen LogP contribution >= 0.6 is 15.9 Å². The van der Waals surface area contributed by atoms with Gasteiger partial charge in [0, 0.05) is 4.47 Å². The third-order valence-corrected chi connectivity index (χ3v) is 4.89. The van der Waals surface area contributed by atoms with Crippen molar-refractivity contribution < 1.29 is 8.42 Å². The standard InChI is InChI=1S/C12H16BrNO2S/c1-8-5-9(2)12(11(13)6-8)14-17(15,16)7-10-3-4-10/h5-6,10,14H,3-4,7H2,1-2H3. The molecule has 1 saturated carbocycles. The second kappa shape index (κ2) is 4.61. The second-order valence-electron chi connectivity index (χ2n) is 4.77. The van der Waals surface area contributed by atoms with Crippen LogP contribution in [-0.2, 0) is 10.0 Å². The van der Waals surface area contributed by atoms with Gasteiger partial charge in [-0.2, -0.15) is 0 Å². The van der Waals surface area contributed by atoms with Crippen molar-refractivity contribution in [1.29, 1.82) is 0 Å². The van der Waals surface area contributed by atoms with Gasteiger partial charge in [-0.3, -0.25) is 4.72 Å². The highest BCUT2D eigenvalue weighted by Crippen LogP contribution is 2.33. The lowest BCUT2D eigenvalue weighted by Gasteiger charge is -2.13. The lowest BCUT2D eigenvalue weighted by Crippen LogP contribution is -2.18. The Morgan fingerprint density at radius 2 is 2.00 bits per heavy atom. The Labute approximate surface area is 111 Å². The highest BCUT2D eigenvalue weighted by molar-refractivity contribution is 9.10. The first-order chi connectivity index (χ1) is 7.87. The largest absolute Gasteiger partial charge is 0.282 e. The molecule has 94 valence electrons. The smallest absolute Gasteiger partial charge is 0.233 e. The SMILES string of the molecule is Cc1cc(C)c(NS(=O)(=O)CC2CC2)c(Br)c1. The maximum Gasteiger partial charge on any atom is 0.233 e. The van der Waals surface area contributed by atoms with Crippen LogP contribution in [0.15, 0.2) is 16.6 Å². The van der Waals surface area contributed by atoms with Gasteiger partial charge in [-0.15, -0.1) is 0 Å². The van der Waals surface area contributed by atoms with Crippen molar-refractivity contribution in [3.05, 3.63) is 27.7 Å². The molecule has 0 amide bonds. The Morgan fingerprint density at radius 3 is 2.53 bits per heavy atom. The minimum Gasteiger partial charge on any atom is -0.282 e. The lowest BCUT2D eigenvalue weighted by atomic mass is 10.1. The summed E-state index contributed by atoms with van der Waals surface area (Å²) in [5.74, 6) is 0.601. The number of anilines is 1. The maximum absolute atomic E-state index is 11.9. The number of halogens is 1. The van der Waals surface area contributed by atoms with Gasteiger partial charge in [0.1, 0.15) is 0 Å². The molecule has 0 spiro atoms. The van der Waals surface area contributed by atoms with Gasteiger partial charge in [-0.1, -0.05) is 6.07 Å². The molecular weight excluding hydrogens is 302 g/mol. The van der Waals surface area contributed by atoms with Crippen LogP contribution in [0.25, 0.3) is 0 Å². The third-order valence-electron chi connectivity index (χ3n) is 2.84. The van der Waals surface area contributed by atoms with Crippen LogP contribution in [0.5, 0.6) is 0 Å². The van der Waals surface area contributed by atoms with Gasteiger partial charge >= 0.3 is 0 Å². The van der Waals surface area contributed by atoms with Crippen molar-refractivity contribution in [2.75, 3.05) is 10.5 Å². The van der Waals surface area contributed by atoms with E-state index in [0.717, 1.165) is 28.4 Å². The normalized spacial score (nSPS) is 15.9. The first-order valence-corrected chi connectivity index (χ1v) is 8.09. The minimum atomic E-state index is -3.21. The molecule has 1 aliphatic carbocycles. The fourth-order valence-corrected chi connectivity index (χ4v) is 4.36. The monoisotopic (exact) mass is 317 g/mol. The fourth-order valence-electron chi connectivity index (χ4n) is 1.84. The summed E-state index contributed by atoms with van der Waals surface area (Å²) in [4.78, 5) is 0. The average Bonchev–Trinajstić information content (AvgIpc) is 2.94. The average molecular weight is 318 g/mol. The maximum atomic E-state index is 11.9. The van der Waals surface area contributed by atoms with E-state index in [9.17, 15) is 8.42 Å². The molecule has 0 saturated heterocycles. The van der Waals surface area contributed by atoms with E-state index < -0.39 is 10.0 Å². The van der Waals surface area contributed by atoms with Gasteiger partial charge < -0.3 is 0 Å². The summed E-state index contributed by atoms with van der Waals surface area (Å²) in [6, 6.07) is 3.89. The summed E-state index contributed by atoms with van der Waals surface area (Å²) in [5, 5.41) is 0. The van der Waals surface area contributed by atoms with Crippen molar-refractivity contribution in [3.8, 4) is 0 Å². The Morgan fingerprint density at radius 1 is 1.35 bits per heavy atom. The molecule has 1 fully saturated rings. The molecule has 1 N–H and O–H groups in total. The van der Waals surface area contributed by atoms with Crippen molar-refractivity contribution in [2.45, 2.75) is 26.7 Å². The van der Waals surface area contributed by atoms with Crippen LogP contribution in [-0.4, -0.2) is 14.2 Å². The molecule has 1 aromatic carbocycles. The first kappa shape index (κ1) is 12.9. The molecule has 0 unspecified atom stereocenters. The van der Waals surface area contributed by atoms with E-state index in [0.29, 0.717) is 11.6 Å². The topological polar surface area (TPSA) is 46.2 Å². The van der Waals surface area contributed by atoms with E-state index >= 15 is 0 Å². The number of aryl methyl sites for hydroxylation is 2. The number of hydrogen-bond acceptors (Lipinski definition) is 2. The van der Waals surface area contributed by atoms with Crippen molar-refractivity contribution in [2.24, 2.45) is 5.92 Å². The Bertz CT molecular complexity index is 512. The van der Waals surface area contributed by atoms with E-state index in [2.05, 4.69) is 20.7 Å². The lowest BCUT2D eigenvalue weighted by molar-refractivity contribution is 0.597. The number of sulfonamides is 1. The molecular formula is C12H16BrNO2S. The third kappa shape index (κ3) is 3.45. The number of nitrogens with one attached hydrogen (secondary N) is 1. The van der Waals surface area contributed by atoms with Crippen LogP contribution in [0, 0.1) is 19.8 Å². The summed E-state index contributed by atoms with van der Waals surface area (Å²) in [7, 11) is -3.21. The number of hydrogen-bond donors (Lipinski definition) is 1. The zero-order chi connectivity index (χ0) is 12.6. The Kier molecular flexibility index (Phi) is 3.50. The van der Waals surface area contributed by atoms with E-state index in [-0.39, 0.29) is 5.75 Å². The zero-order valence-electron chi connectivity index (χ0n) is 9.96. The molecule has 0 aromatic heterocycles. The van der Waals surface area contributed by atoms with Crippen LogP contribution in [0.4, 0.5) is 5.69 Å². The molecule has 2 rings (SSSR count). The second-order valence-corrected chi connectivity index (χ2v) is 7.39.